The predicted octanol–water partition coefficient (Wildman–Crippen LogP) is 0.834. The number of nitrogens with one attached hydrogen (secondary N) is 3. The molecule has 1 fully saturated rings. The van der Waals surface area contributed by atoms with Gasteiger partial charge in [-0.3, -0.25) is 0 Å². The van der Waals surface area contributed by atoms with Crippen LogP contribution in [0.3, 0.4) is 0 Å². The molecule has 1 saturated heterocycles. The van der Waals surface area contributed by atoms with E-state index in [1.54, 1.807) is 0 Å². The summed E-state index contributed by atoms with van der Waals surface area (Å²) in [6.07, 6.45) is 2.19. The van der Waals surface area contributed by atoms with E-state index in [1.807, 2.05) is 6.92 Å². The zero-order valence-corrected chi connectivity index (χ0v) is 9.26. The van der Waals surface area contributed by atoms with Crippen LogP contribution < -0.4 is 16.0 Å². The molecule has 0 aromatic rings. The van der Waals surface area contributed by atoms with Crippen LogP contribution in [0.25, 0.3) is 0 Å². The van der Waals surface area contributed by atoms with Gasteiger partial charge in [0.05, 0.1) is 0 Å². The first-order valence-electron chi connectivity index (χ1n) is 5.44. The Bertz CT molecular complexity index is 196. The number of urea groups is 1. The molecular weight excluding hydrogens is 178 g/mol. The zero-order valence-electron chi connectivity index (χ0n) is 9.26. The first-order valence-corrected chi connectivity index (χ1v) is 5.44. The summed E-state index contributed by atoms with van der Waals surface area (Å²) in [5.41, 5.74) is 0. The van der Waals surface area contributed by atoms with E-state index in [9.17, 15) is 4.79 Å². The molecule has 0 aliphatic carbocycles. The summed E-state index contributed by atoms with van der Waals surface area (Å²) in [5, 5.41) is 9.16. The number of amides is 2. The fourth-order valence-corrected chi connectivity index (χ4v) is 1.90. The average Bonchev–Trinajstić information content (AvgIpc) is 2.10. The summed E-state index contributed by atoms with van der Waals surface area (Å²) in [4.78, 5) is 11.3. The second-order valence-electron chi connectivity index (χ2n) is 4.04. The second kappa shape index (κ2) is 5.20. The van der Waals surface area contributed by atoms with Crippen LogP contribution in [0.5, 0.6) is 0 Å². The maximum absolute atomic E-state index is 11.3. The highest BCUT2D eigenvalue weighted by molar-refractivity contribution is 5.74. The number of piperidine rings is 1. The van der Waals surface area contributed by atoms with Gasteiger partial charge >= 0.3 is 6.03 Å². The molecule has 2 amide bonds. The van der Waals surface area contributed by atoms with E-state index in [0.717, 1.165) is 12.8 Å². The standard InChI is InChI=1S/C10H21N3O/c1-4-11-10(14)13-9-6-5-7(2)12-8(9)3/h7-9,12H,4-6H2,1-3H3,(H2,11,13,14). The fraction of sp³-hybridized carbons (Fsp3) is 0.900. The van der Waals surface area contributed by atoms with Crippen LogP contribution in [0.1, 0.15) is 33.6 Å². The Hall–Kier alpha value is -0.770. The van der Waals surface area contributed by atoms with Gasteiger partial charge < -0.3 is 16.0 Å². The Balaban J connectivity index is 2.33. The molecule has 4 nitrogen and oxygen atoms in total. The molecule has 82 valence electrons. The summed E-state index contributed by atoms with van der Waals surface area (Å²) in [6.45, 7) is 6.90. The van der Waals surface area contributed by atoms with Crippen molar-refractivity contribution in [3.05, 3.63) is 0 Å². The molecular formula is C10H21N3O. The average molecular weight is 199 g/mol. The minimum atomic E-state index is -0.0549. The van der Waals surface area contributed by atoms with Crippen molar-refractivity contribution in [2.45, 2.75) is 51.7 Å². The van der Waals surface area contributed by atoms with Crippen molar-refractivity contribution in [1.29, 1.82) is 0 Å². The molecule has 0 saturated carbocycles. The van der Waals surface area contributed by atoms with E-state index in [0.29, 0.717) is 18.6 Å². The van der Waals surface area contributed by atoms with E-state index in [-0.39, 0.29) is 12.1 Å². The van der Waals surface area contributed by atoms with Gasteiger partial charge in [-0.15, -0.1) is 0 Å². The zero-order chi connectivity index (χ0) is 10.6. The number of carbonyl (C=O) groups is 1. The fourth-order valence-electron chi connectivity index (χ4n) is 1.90. The Labute approximate surface area is 85.8 Å². The maximum Gasteiger partial charge on any atom is 0.315 e. The van der Waals surface area contributed by atoms with Crippen molar-refractivity contribution in [1.82, 2.24) is 16.0 Å². The Morgan fingerprint density at radius 3 is 2.71 bits per heavy atom. The SMILES string of the molecule is CCNC(=O)NC1CCC(C)NC1C. The van der Waals surface area contributed by atoms with Gasteiger partial charge in [0.2, 0.25) is 0 Å². The highest BCUT2D eigenvalue weighted by Gasteiger charge is 2.25. The van der Waals surface area contributed by atoms with Crippen LogP contribution in [0.2, 0.25) is 0 Å². The molecule has 3 atom stereocenters. The van der Waals surface area contributed by atoms with Crippen molar-refractivity contribution in [2.24, 2.45) is 0 Å². The van der Waals surface area contributed by atoms with Gasteiger partial charge in [0.1, 0.15) is 0 Å². The lowest BCUT2D eigenvalue weighted by atomic mass is 9.95. The molecule has 1 aliphatic rings. The molecule has 3 unspecified atom stereocenters. The highest BCUT2D eigenvalue weighted by Crippen LogP contribution is 2.12. The van der Waals surface area contributed by atoms with Crippen molar-refractivity contribution in [2.75, 3.05) is 6.54 Å². The van der Waals surface area contributed by atoms with Crippen molar-refractivity contribution in [3.63, 3.8) is 0 Å². The molecule has 0 radical (unpaired) electrons. The minimum Gasteiger partial charge on any atom is -0.338 e. The Kier molecular flexibility index (Phi) is 4.20. The molecule has 1 rings (SSSR count). The van der Waals surface area contributed by atoms with Crippen LogP contribution in [-0.2, 0) is 0 Å². The van der Waals surface area contributed by atoms with Crippen molar-refractivity contribution >= 4 is 6.03 Å². The number of carbonyl (C=O) groups excluding carboxylic acids is 1. The monoisotopic (exact) mass is 199 g/mol. The number of hydrogen-bond donors (Lipinski definition) is 3. The second-order valence-corrected chi connectivity index (χ2v) is 4.04. The third kappa shape index (κ3) is 3.18. The van der Waals surface area contributed by atoms with Gasteiger partial charge in [-0.25, -0.2) is 4.79 Å². The summed E-state index contributed by atoms with van der Waals surface area (Å²) in [6, 6.07) is 1.14. The van der Waals surface area contributed by atoms with E-state index < -0.39 is 0 Å². The first kappa shape index (κ1) is 11.3. The summed E-state index contributed by atoms with van der Waals surface area (Å²) < 4.78 is 0. The van der Waals surface area contributed by atoms with E-state index in [2.05, 4.69) is 29.8 Å². The molecule has 0 aromatic heterocycles. The quantitative estimate of drug-likeness (QED) is 0.617. The van der Waals surface area contributed by atoms with Crippen LogP contribution in [-0.4, -0.2) is 30.7 Å². The largest absolute Gasteiger partial charge is 0.338 e. The van der Waals surface area contributed by atoms with Gasteiger partial charge in [-0.2, -0.15) is 0 Å². The number of hydrogen-bond acceptors (Lipinski definition) is 2. The van der Waals surface area contributed by atoms with Crippen LogP contribution in [0, 0.1) is 0 Å². The molecule has 3 N–H and O–H groups in total. The lowest BCUT2D eigenvalue weighted by Gasteiger charge is -2.34. The first-order chi connectivity index (χ1) is 6.63. The molecule has 0 bridgehead atoms. The maximum atomic E-state index is 11.3. The van der Waals surface area contributed by atoms with Gasteiger partial charge in [0, 0.05) is 24.7 Å². The van der Waals surface area contributed by atoms with E-state index >= 15 is 0 Å². The third-order valence-electron chi connectivity index (χ3n) is 2.72. The Morgan fingerprint density at radius 2 is 2.14 bits per heavy atom. The summed E-state index contributed by atoms with van der Waals surface area (Å²) in [7, 11) is 0. The van der Waals surface area contributed by atoms with Gasteiger partial charge in [-0.1, -0.05) is 0 Å². The predicted molar refractivity (Wildman–Crippen MR) is 57.3 cm³/mol. The highest BCUT2D eigenvalue weighted by atomic mass is 16.2. The van der Waals surface area contributed by atoms with Crippen LogP contribution in [0.15, 0.2) is 0 Å². The minimum absolute atomic E-state index is 0.0549. The molecule has 14 heavy (non-hydrogen) atoms. The molecule has 1 aliphatic heterocycles. The van der Waals surface area contributed by atoms with Crippen LogP contribution >= 0.6 is 0 Å². The van der Waals surface area contributed by atoms with E-state index in [1.165, 1.54) is 0 Å². The molecule has 0 aromatic carbocycles. The molecule has 4 heteroatoms. The normalized spacial score (nSPS) is 32.4. The third-order valence-corrected chi connectivity index (χ3v) is 2.72. The molecule has 1 heterocycles. The lowest BCUT2D eigenvalue weighted by Crippen LogP contribution is -2.56. The van der Waals surface area contributed by atoms with Gasteiger partial charge in [0.15, 0.2) is 0 Å². The molecule has 0 spiro atoms. The van der Waals surface area contributed by atoms with E-state index in [4.69, 9.17) is 0 Å². The Morgan fingerprint density at radius 1 is 1.43 bits per heavy atom. The van der Waals surface area contributed by atoms with Crippen LogP contribution in [0.4, 0.5) is 4.79 Å². The summed E-state index contributed by atoms with van der Waals surface area (Å²) in [5.74, 6) is 0. The van der Waals surface area contributed by atoms with Gasteiger partial charge in [0.25, 0.3) is 0 Å². The van der Waals surface area contributed by atoms with Gasteiger partial charge in [-0.05, 0) is 33.6 Å². The lowest BCUT2D eigenvalue weighted by molar-refractivity contribution is 0.222. The van der Waals surface area contributed by atoms with Crippen molar-refractivity contribution in [3.8, 4) is 0 Å². The summed E-state index contributed by atoms with van der Waals surface area (Å²) >= 11 is 0. The number of rotatable bonds is 2. The smallest absolute Gasteiger partial charge is 0.315 e. The topological polar surface area (TPSA) is 53.2 Å². The van der Waals surface area contributed by atoms with Crippen molar-refractivity contribution < 1.29 is 4.79 Å².